The molecule has 0 aliphatic carbocycles. The first-order valence-corrected chi connectivity index (χ1v) is 13.0. The predicted molar refractivity (Wildman–Crippen MR) is 137 cm³/mol. The van der Waals surface area contributed by atoms with Crippen LogP contribution in [0.4, 0.5) is 26.3 Å². The summed E-state index contributed by atoms with van der Waals surface area (Å²) < 4.78 is 81.6. The summed E-state index contributed by atoms with van der Waals surface area (Å²) in [6, 6.07) is 6.79. The third-order valence-electron chi connectivity index (χ3n) is 6.78. The number of H-pyrrole nitrogens is 1. The van der Waals surface area contributed by atoms with Gasteiger partial charge in [-0.2, -0.15) is 36.4 Å². The number of allylic oxidation sites excluding steroid dienone is 1. The van der Waals surface area contributed by atoms with Gasteiger partial charge in [0.2, 0.25) is 0 Å². The van der Waals surface area contributed by atoms with Crippen molar-refractivity contribution in [3.8, 4) is 0 Å². The number of nitrogens with zero attached hydrogens (tertiary/aromatic N) is 3. The maximum atomic E-state index is 14.0. The number of aromatic nitrogens is 2. The summed E-state index contributed by atoms with van der Waals surface area (Å²) in [5.41, 5.74) is -1.78. The molecule has 0 bridgehead atoms. The minimum absolute atomic E-state index is 0.119. The van der Waals surface area contributed by atoms with Crippen molar-refractivity contribution in [2.75, 3.05) is 19.6 Å². The van der Waals surface area contributed by atoms with E-state index in [0.29, 0.717) is 47.3 Å². The first-order valence-electron chi connectivity index (χ1n) is 12.2. The lowest BCUT2D eigenvalue weighted by molar-refractivity contribution is -0.143. The average Bonchev–Trinajstić information content (AvgIpc) is 3.52. The van der Waals surface area contributed by atoms with Crippen molar-refractivity contribution in [1.82, 2.24) is 20.4 Å². The molecule has 1 amide bonds. The Labute approximate surface area is 223 Å². The number of hydrogen-bond donors (Lipinski definition) is 2. The number of halogens is 6. The van der Waals surface area contributed by atoms with E-state index in [1.54, 1.807) is 18.2 Å². The fourth-order valence-electron chi connectivity index (χ4n) is 4.70. The minimum atomic E-state index is -5.04. The van der Waals surface area contributed by atoms with Crippen LogP contribution in [0.25, 0.3) is 16.5 Å². The first kappa shape index (κ1) is 27.3. The fraction of sp³-hybridized carbons (Fsp3) is 0.346. The molecule has 6 nitrogen and oxygen atoms in total. The quantitative estimate of drug-likeness (QED) is 0.305. The Morgan fingerprint density at radius 3 is 2.62 bits per heavy atom. The molecule has 3 aromatic rings. The highest BCUT2D eigenvalue weighted by Gasteiger charge is 2.39. The number of rotatable bonds is 4. The standard InChI is InChI=1S/C26H23F6N5OS/c1-2-18-13-37(8-7-33-18)24-35-23(38)22(39-24)19(14-4-6-21-16(9-14)12-34-36-21)10-15-3-5-17(25(27,28)29)11-20(15)26(30,31)32/h3-6,9,11-12,18,33H,2,7-8,10,13H2,1H3,(H,34,36). The van der Waals surface area contributed by atoms with Gasteiger partial charge in [-0.15, -0.1) is 0 Å². The number of thioether (sulfide) groups is 1. The number of amidine groups is 1. The van der Waals surface area contributed by atoms with Gasteiger partial charge in [0.15, 0.2) is 5.17 Å². The summed E-state index contributed by atoms with van der Waals surface area (Å²) in [5.74, 6) is -0.593. The average molecular weight is 568 g/mol. The molecular weight excluding hydrogens is 544 g/mol. The van der Waals surface area contributed by atoms with Crippen LogP contribution in [-0.2, 0) is 23.6 Å². The Kier molecular flexibility index (Phi) is 7.23. The molecule has 1 fully saturated rings. The van der Waals surface area contributed by atoms with Crippen LogP contribution in [-0.4, -0.2) is 51.8 Å². The van der Waals surface area contributed by atoms with Gasteiger partial charge in [-0.25, -0.2) is 0 Å². The number of nitrogens with one attached hydrogen (secondary N) is 2. The van der Waals surface area contributed by atoms with Crippen LogP contribution in [0.3, 0.4) is 0 Å². The molecule has 13 heteroatoms. The molecule has 0 spiro atoms. The molecule has 206 valence electrons. The molecule has 1 aromatic heterocycles. The van der Waals surface area contributed by atoms with Crippen molar-refractivity contribution in [1.29, 1.82) is 0 Å². The summed E-state index contributed by atoms with van der Waals surface area (Å²) in [4.78, 5) is 19.5. The number of alkyl halides is 6. The topological polar surface area (TPSA) is 73.4 Å². The van der Waals surface area contributed by atoms with Crippen molar-refractivity contribution in [2.45, 2.75) is 38.2 Å². The number of benzene rings is 2. The number of amides is 1. The number of hydrogen-bond acceptors (Lipinski definition) is 5. The highest BCUT2D eigenvalue weighted by atomic mass is 32.2. The Morgan fingerprint density at radius 1 is 1.10 bits per heavy atom. The second kappa shape index (κ2) is 10.3. The number of aromatic amines is 1. The maximum absolute atomic E-state index is 14.0. The van der Waals surface area contributed by atoms with Crippen LogP contribution < -0.4 is 5.32 Å². The number of carbonyl (C=O) groups is 1. The molecule has 2 aliphatic heterocycles. The minimum Gasteiger partial charge on any atom is -0.348 e. The SMILES string of the molecule is CCC1CN(C2=NC(=O)C(=C(Cc3ccc(C(F)(F)F)cc3C(F)(F)F)c3ccc4[nH]ncc4c3)S2)CCN1. The van der Waals surface area contributed by atoms with Gasteiger partial charge in [-0.05, 0) is 65.6 Å². The Balaban J connectivity index is 1.59. The highest BCUT2D eigenvalue weighted by molar-refractivity contribution is 8.18. The van der Waals surface area contributed by atoms with Gasteiger partial charge in [0.1, 0.15) is 0 Å². The largest absolute Gasteiger partial charge is 0.416 e. The van der Waals surface area contributed by atoms with Crippen molar-refractivity contribution >= 4 is 39.3 Å². The molecule has 2 aromatic carbocycles. The monoisotopic (exact) mass is 567 g/mol. The van der Waals surface area contributed by atoms with E-state index in [0.717, 1.165) is 24.2 Å². The highest BCUT2D eigenvalue weighted by Crippen LogP contribution is 2.42. The summed E-state index contributed by atoms with van der Waals surface area (Å²) in [6.45, 7) is 3.95. The van der Waals surface area contributed by atoms with Gasteiger partial charge in [0, 0.05) is 31.1 Å². The van der Waals surface area contributed by atoms with Crippen LogP contribution in [0.1, 0.15) is 35.6 Å². The zero-order valence-electron chi connectivity index (χ0n) is 20.6. The molecule has 1 saturated heterocycles. The van der Waals surface area contributed by atoms with Gasteiger partial charge in [0.05, 0.1) is 27.7 Å². The fourth-order valence-corrected chi connectivity index (χ4v) is 5.75. The summed E-state index contributed by atoms with van der Waals surface area (Å²) >= 11 is 1.08. The van der Waals surface area contributed by atoms with Crippen molar-refractivity contribution < 1.29 is 31.1 Å². The van der Waals surface area contributed by atoms with Gasteiger partial charge >= 0.3 is 12.4 Å². The van der Waals surface area contributed by atoms with Gasteiger partial charge in [-0.3, -0.25) is 9.89 Å². The molecule has 0 saturated carbocycles. The van der Waals surface area contributed by atoms with E-state index in [4.69, 9.17) is 0 Å². The van der Waals surface area contributed by atoms with E-state index in [9.17, 15) is 31.1 Å². The lowest BCUT2D eigenvalue weighted by Gasteiger charge is -2.34. The van der Waals surface area contributed by atoms with Gasteiger partial charge in [-0.1, -0.05) is 19.1 Å². The molecule has 39 heavy (non-hydrogen) atoms. The second-order valence-electron chi connectivity index (χ2n) is 9.33. The molecule has 3 heterocycles. The van der Waals surface area contributed by atoms with E-state index in [-0.39, 0.29) is 28.1 Å². The third-order valence-corrected chi connectivity index (χ3v) is 7.93. The van der Waals surface area contributed by atoms with Crippen LogP contribution in [0.2, 0.25) is 0 Å². The van der Waals surface area contributed by atoms with Crippen LogP contribution in [0, 0.1) is 0 Å². The Morgan fingerprint density at radius 2 is 1.90 bits per heavy atom. The smallest absolute Gasteiger partial charge is 0.348 e. The van der Waals surface area contributed by atoms with E-state index in [1.807, 2.05) is 11.8 Å². The zero-order valence-corrected chi connectivity index (χ0v) is 21.4. The Hall–Kier alpha value is -3.32. The van der Waals surface area contributed by atoms with Gasteiger partial charge < -0.3 is 10.2 Å². The maximum Gasteiger partial charge on any atom is 0.416 e. The molecule has 1 atom stereocenters. The van der Waals surface area contributed by atoms with Crippen LogP contribution >= 0.6 is 11.8 Å². The summed E-state index contributed by atoms with van der Waals surface area (Å²) in [6.07, 6.45) is -7.99. The zero-order chi connectivity index (χ0) is 27.9. The number of piperazine rings is 1. The summed E-state index contributed by atoms with van der Waals surface area (Å²) in [7, 11) is 0. The molecule has 1 unspecified atom stereocenters. The second-order valence-corrected chi connectivity index (χ2v) is 10.3. The molecule has 5 rings (SSSR count). The molecule has 2 aliphatic rings. The number of aliphatic imine (C=N–C) groups is 1. The van der Waals surface area contributed by atoms with E-state index in [1.165, 1.54) is 6.20 Å². The molecule has 2 N–H and O–H groups in total. The van der Waals surface area contributed by atoms with E-state index >= 15 is 0 Å². The van der Waals surface area contributed by atoms with Crippen molar-refractivity contribution in [3.63, 3.8) is 0 Å². The first-order chi connectivity index (χ1) is 18.4. The normalized spacial score (nSPS) is 20.1. The lowest BCUT2D eigenvalue weighted by atomic mass is 9.92. The van der Waals surface area contributed by atoms with E-state index < -0.39 is 35.8 Å². The number of carbonyl (C=O) groups excluding carboxylic acids is 1. The van der Waals surface area contributed by atoms with Crippen molar-refractivity contribution in [2.24, 2.45) is 4.99 Å². The molecule has 0 radical (unpaired) electrons. The lowest BCUT2D eigenvalue weighted by Crippen LogP contribution is -2.51. The van der Waals surface area contributed by atoms with Gasteiger partial charge in [0.25, 0.3) is 5.91 Å². The van der Waals surface area contributed by atoms with E-state index in [2.05, 4.69) is 20.5 Å². The molecular formula is C26H23F6N5OS. The Bertz CT molecular complexity index is 1480. The third kappa shape index (κ3) is 5.69. The van der Waals surface area contributed by atoms with Crippen LogP contribution in [0.5, 0.6) is 0 Å². The van der Waals surface area contributed by atoms with Crippen molar-refractivity contribution in [3.05, 3.63) is 69.8 Å². The predicted octanol–water partition coefficient (Wildman–Crippen LogP) is 5.87. The summed E-state index contributed by atoms with van der Waals surface area (Å²) in [5, 5.41) is 11.3. The van der Waals surface area contributed by atoms with Crippen LogP contribution in [0.15, 0.2) is 52.5 Å². The number of fused-ring (bicyclic) bond motifs is 1.